The largest absolute Gasteiger partial charge is 0.375 e. The van der Waals surface area contributed by atoms with Crippen molar-refractivity contribution in [1.82, 2.24) is 9.88 Å². The fourth-order valence-electron chi connectivity index (χ4n) is 3.14. The topological polar surface area (TPSA) is 59.2 Å². The summed E-state index contributed by atoms with van der Waals surface area (Å²) < 4.78 is 0. The number of hydrogen-bond acceptors (Lipinski definition) is 4. The van der Waals surface area contributed by atoms with Crippen LogP contribution in [0.5, 0.6) is 0 Å². The Kier molecular flexibility index (Phi) is 2.78. The van der Waals surface area contributed by atoms with Crippen LogP contribution in [0.1, 0.15) is 35.4 Å². The lowest BCUT2D eigenvalue weighted by Gasteiger charge is -2.41. The summed E-state index contributed by atoms with van der Waals surface area (Å²) in [6.45, 7) is 1.85. The summed E-state index contributed by atoms with van der Waals surface area (Å²) >= 11 is 1.29. The molecule has 2 fully saturated rings. The fourth-order valence-corrected chi connectivity index (χ4v) is 3.79. The number of aromatic nitrogens is 1. The zero-order valence-corrected chi connectivity index (χ0v) is 10.6. The number of amides is 1. The van der Waals surface area contributed by atoms with Crippen molar-refractivity contribution in [2.75, 3.05) is 18.8 Å². The molecule has 92 valence electrons. The Labute approximate surface area is 105 Å². The molecule has 1 amide bonds. The van der Waals surface area contributed by atoms with Gasteiger partial charge >= 0.3 is 0 Å². The molecule has 0 unspecified atom stereocenters. The van der Waals surface area contributed by atoms with Gasteiger partial charge in [-0.05, 0) is 31.1 Å². The Morgan fingerprint density at radius 2 is 2.12 bits per heavy atom. The second kappa shape index (κ2) is 4.29. The molecule has 1 aromatic rings. The molecule has 0 aromatic carbocycles. The zero-order valence-electron chi connectivity index (χ0n) is 9.76. The molecule has 1 aliphatic heterocycles. The fraction of sp³-hybridized carbons (Fsp3) is 0.667. The standard InChI is InChI=1S/C12H17N3OS/c13-12-14-5-10(17-12)11(16)15-6-8-2-1-3-9(4-8)7-15/h5,8-9H,1-4,6-7H2,(H2,13,14)/t8-,9-/m0/s1. The predicted molar refractivity (Wildman–Crippen MR) is 67.9 cm³/mol. The Morgan fingerprint density at radius 3 is 2.71 bits per heavy atom. The van der Waals surface area contributed by atoms with Crippen molar-refractivity contribution in [1.29, 1.82) is 0 Å². The number of nitrogens with zero attached hydrogens (tertiary/aromatic N) is 2. The molecular formula is C12H17N3OS. The summed E-state index contributed by atoms with van der Waals surface area (Å²) in [5, 5.41) is 0.477. The van der Waals surface area contributed by atoms with E-state index in [0.29, 0.717) is 10.0 Å². The number of hydrogen-bond donors (Lipinski definition) is 1. The van der Waals surface area contributed by atoms with Gasteiger partial charge in [0.25, 0.3) is 5.91 Å². The maximum absolute atomic E-state index is 12.3. The number of carbonyl (C=O) groups excluding carboxylic acids is 1. The van der Waals surface area contributed by atoms with Gasteiger partial charge < -0.3 is 10.6 Å². The van der Waals surface area contributed by atoms with Gasteiger partial charge in [0, 0.05) is 13.1 Å². The maximum atomic E-state index is 12.3. The molecule has 2 bridgehead atoms. The minimum absolute atomic E-state index is 0.121. The monoisotopic (exact) mass is 251 g/mol. The zero-order chi connectivity index (χ0) is 11.8. The van der Waals surface area contributed by atoms with E-state index in [1.807, 2.05) is 4.90 Å². The Bertz CT molecular complexity index is 419. The summed E-state index contributed by atoms with van der Waals surface area (Å²) in [5.41, 5.74) is 5.57. The first kappa shape index (κ1) is 11.0. The molecule has 0 radical (unpaired) electrons. The maximum Gasteiger partial charge on any atom is 0.265 e. The lowest BCUT2D eigenvalue weighted by molar-refractivity contribution is 0.0509. The van der Waals surface area contributed by atoms with Crippen LogP contribution in [0.15, 0.2) is 6.20 Å². The number of rotatable bonds is 1. The Morgan fingerprint density at radius 1 is 1.41 bits per heavy atom. The highest BCUT2D eigenvalue weighted by molar-refractivity contribution is 7.17. The van der Waals surface area contributed by atoms with Crippen LogP contribution in [0.3, 0.4) is 0 Å². The molecule has 1 aromatic heterocycles. The van der Waals surface area contributed by atoms with E-state index in [9.17, 15) is 4.79 Å². The van der Waals surface area contributed by atoms with Gasteiger partial charge in [-0.2, -0.15) is 0 Å². The molecule has 4 nitrogen and oxygen atoms in total. The van der Waals surface area contributed by atoms with Gasteiger partial charge in [-0.3, -0.25) is 4.79 Å². The van der Waals surface area contributed by atoms with E-state index in [-0.39, 0.29) is 5.91 Å². The van der Waals surface area contributed by atoms with Crippen LogP contribution < -0.4 is 5.73 Å². The summed E-state index contributed by atoms with van der Waals surface area (Å²) in [4.78, 5) is 18.9. The van der Waals surface area contributed by atoms with E-state index in [1.54, 1.807) is 6.20 Å². The molecule has 1 saturated heterocycles. The SMILES string of the molecule is Nc1ncc(C(=O)N2C[C@H]3CCC[C@@H](C3)C2)s1. The van der Waals surface area contributed by atoms with Crippen molar-refractivity contribution in [2.24, 2.45) is 11.8 Å². The number of likely N-dealkylation sites (tertiary alicyclic amines) is 1. The minimum Gasteiger partial charge on any atom is -0.375 e. The normalized spacial score (nSPS) is 28.1. The van der Waals surface area contributed by atoms with Crippen molar-refractivity contribution in [3.05, 3.63) is 11.1 Å². The van der Waals surface area contributed by atoms with Gasteiger partial charge in [0.2, 0.25) is 0 Å². The molecule has 17 heavy (non-hydrogen) atoms. The van der Waals surface area contributed by atoms with E-state index < -0.39 is 0 Å². The van der Waals surface area contributed by atoms with E-state index in [2.05, 4.69) is 4.98 Å². The van der Waals surface area contributed by atoms with Gasteiger partial charge in [-0.15, -0.1) is 0 Å². The summed E-state index contributed by atoms with van der Waals surface area (Å²) in [6.07, 6.45) is 6.82. The van der Waals surface area contributed by atoms with Crippen LogP contribution in [0.25, 0.3) is 0 Å². The molecule has 3 rings (SSSR count). The van der Waals surface area contributed by atoms with Crippen molar-refractivity contribution in [3.8, 4) is 0 Å². The first-order valence-electron chi connectivity index (χ1n) is 6.23. The Balaban J connectivity index is 1.74. The van der Waals surface area contributed by atoms with E-state index in [0.717, 1.165) is 24.9 Å². The molecule has 5 heteroatoms. The predicted octanol–water partition coefficient (Wildman–Crippen LogP) is 1.99. The number of fused-ring (bicyclic) bond motifs is 2. The number of nitrogens with two attached hydrogens (primary N) is 1. The molecule has 2 atom stereocenters. The second-order valence-electron chi connectivity index (χ2n) is 5.17. The minimum atomic E-state index is 0.121. The van der Waals surface area contributed by atoms with Gasteiger partial charge in [-0.25, -0.2) is 4.98 Å². The summed E-state index contributed by atoms with van der Waals surface area (Å²) in [7, 11) is 0. The van der Waals surface area contributed by atoms with Gasteiger partial charge in [0.15, 0.2) is 5.13 Å². The highest BCUT2D eigenvalue weighted by Gasteiger charge is 2.33. The Hall–Kier alpha value is -1.10. The molecule has 0 spiro atoms. The van der Waals surface area contributed by atoms with Crippen LogP contribution in [-0.2, 0) is 0 Å². The summed E-state index contributed by atoms with van der Waals surface area (Å²) in [6, 6.07) is 0. The number of piperidine rings is 1. The lowest BCUT2D eigenvalue weighted by atomic mass is 9.78. The third kappa shape index (κ3) is 2.16. The van der Waals surface area contributed by atoms with E-state index in [1.165, 1.54) is 37.0 Å². The highest BCUT2D eigenvalue weighted by atomic mass is 32.1. The molecule has 1 saturated carbocycles. The molecular weight excluding hydrogens is 234 g/mol. The highest BCUT2D eigenvalue weighted by Crippen LogP contribution is 2.35. The smallest absolute Gasteiger partial charge is 0.265 e. The average molecular weight is 251 g/mol. The average Bonchev–Trinajstić information content (AvgIpc) is 2.74. The third-order valence-electron chi connectivity index (χ3n) is 3.87. The number of carbonyl (C=O) groups is 1. The molecule has 2 aliphatic rings. The van der Waals surface area contributed by atoms with Crippen LogP contribution in [-0.4, -0.2) is 28.9 Å². The molecule has 1 aliphatic carbocycles. The van der Waals surface area contributed by atoms with Crippen molar-refractivity contribution < 1.29 is 4.79 Å². The van der Waals surface area contributed by atoms with Crippen LogP contribution in [0, 0.1) is 11.8 Å². The quantitative estimate of drug-likeness (QED) is 0.830. The van der Waals surface area contributed by atoms with E-state index >= 15 is 0 Å². The first-order chi connectivity index (χ1) is 8.22. The molecule has 2 N–H and O–H groups in total. The van der Waals surface area contributed by atoms with Crippen molar-refractivity contribution >= 4 is 22.4 Å². The van der Waals surface area contributed by atoms with E-state index in [4.69, 9.17) is 5.73 Å². The molecule has 2 heterocycles. The summed E-state index contributed by atoms with van der Waals surface area (Å²) in [5.74, 6) is 1.56. The van der Waals surface area contributed by atoms with Crippen molar-refractivity contribution in [3.63, 3.8) is 0 Å². The number of thiazole rings is 1. The second-order valence-corrected chi connectivity index (χ2v) is 6.23. The van der Waals surface area contributed by atoms with Gasteiger partial charge in [0.1, 0.15) is 4.88 Å². The third-order valence-corrected chi connectivity index (χ3v) is 4.68. The van der Waals surface area contributed by atoms with Crippen LogP contribution in [0.4, 0.5) is 5.13 Å². The first-order valence-corrected chi connectivity index (χ1v) is 7.04. The van der Waals surface area contributed by atoms with Crippen molar-refractivity contribution in [2.45, 2.75) is 25.7 Å². The number of anilines is 1. The lowest BCUT2D eigenvalue weighted by Crippen LogP contribution is -2.45. The number of nitrogen functional groups attached to an aromatic ring is 1. The van der Waals surface area contributed by atoms with Crippen LogP contribution >= 0.6 is 11.3 Å². The van der Waals surface area contributed by atoms with Gasteiger partial charge in [0.05, 0.1) is 6.20 Å². The van der Waals surface area contributed by atoms with Gasteiger partial charge in [-0.1, -0.05) is 17.8 Å². The van der Waals surface area contributed by atoms with Crippen LogP contribution in [0.2, 0.25) is 0 Å².